The summed E-state index contributed by atoms with van der Waals surface area (Å²) in [6, 6.07) is 6.33. The zero-order valence-electron chi connectivity index (χ0n) is 12.7. The summed E-state index contributed by atoms with van der Waals surface area (Å²) in [6.07, 6.45) is -0.389. The number of aliphatic hydroxyl groups is 1. The van der Waals surface area contributed by atoms with E-state index < -0.39 is 5.60 Å². The molecule has 2 atom stereocenters. The van der Waals surface area contributed by atoms with Gasteiger partial charge in [-0.3, -0.25) is 0 Å². The van der Waals surface area contributed by atoms with Crippen LogP contribution in [0.2, 0.25) is 0 Å². The molecule has 4 nitrogen and oxygen atoms in total. The van der Waals surface area contributed by atoms with Crippen molar-refractivity contribution in [2.45, 2.75) is 32.3 Å². The molecule has 1 amide bonds. The summed E-state index contributed by atoms with van der Waals surface area (Å²) >= 11 is 0. The van der Waals surface area contributed by atoms with Gasteiger partial charge < -0.3 is 14.7 Å². The van der Waals surface area contributed by atoms with E-state index in [1.807, 2.05) is 26.8 Å². The van der Waals surface area contributed by atoms with Crippen LogP contribution in [0.15, 0.2) is 24.3 Å². The van der Waals surface area contributed by atoms with E-state index >= 15 is 0 Å². The number of ether oxygens (including phenoxy) is 1. The maximum Gasteiger partial charge on any atom is 0.410 e. The molecule has 5 heteroatoms. The minimum Gasteiger partial charge on any atom is -0.444 e. The van der Waals surface area contributed by atoms with Crippen molar-refractivity contribution in [3.8, 4) is 0 Å². The Morgan fingerprint density at radius 3 is 2.71 bits per heavy atom. The molecule has 0 aromatic heterocycles. The second kappa shape index (κ2) is 6.02. The van der Waals surface area contributed by atoms with E-state index in [-0.39, 0.29) is 30.4 Å². The van der Waals surface area contributed by atoms with Gasteiger partial charge in [-0.25, -0.2) is 9.18 Å². The fourth-order valence-electron chi connectivity index (χ4n) is 2.65. The van der Waals surface area contributed by atoms with Gasteiger partial charge in [0, 0.05) is 31.5 Å². The van der Waals surface area contributed by atoms with E-state index in [1.54, 1.807) is 11.0 Å². The molecule has 1 aromatic rings. The van der Waals surface area contributed by atoms with Crippen molar-refractivity contribution in [2.75, 3.05) is 19.7 Å². The zero-order chi connectivity index (χ0) is 15.6. The molecule has 0 aliphatic carbocycles. The number of halogens is 1. The standard InChI is InChI=1S/C16H22FNO3/c1-16(2,3)21-15(20)18-8-12(10-19)14(9-18)11-5-4-6-13(17)7-11/h4-7,12,14,19H,8-10H2,1-3H3/t12-,14+/m1/s1. The van der Waals surface area contributed by atoms with Crippen molar-refractivity contribution in [3.63, 3.8) is 0 Å². The number of benzene rings is 1. The Hall–Kier alpha value is -1.62. The molecule has 116 valence electrons. The maximum atomic E-state index is 13.4. The Bertz CT molecular complexity index is 512. The number of hydrogen-bond acceptors (Lipinski definition) is 3. The molecule has 0 bridgehead atoms. The largest absolute Gasteiger partial charge is 0.444 e. The molecule has 1 aromatic carbocycles. The van der Waals surface area contributed by atoms with E-state index in [0.717, 1.165) is 5.56 Å². The number of nitrogens with zero attached hydrogens (tertiary/aromatic N) is 1. The normalized spacial score (nSPS) is 22.4. The number of likely N-dealkylation sites (tertiary alicyclic amines) is 1. The van der Waals surface area contributed by atoms with Gasteiger partial charge in [0.15, 0.2) is 0 Å². The fourth-order valence-corrected chi connectivity index (χ4v) is 2.65. The van der Waals surface area contributed by atoms with Crippen LogP contribution in [-0.2, 0) is 4.74 Å². The highest BCUT2D eigenvalue weighted by atomic mass is 19.1. The van der Waals surface area contributed by atoms with Gasteiger partial charge in [0.05, 0.1) is 0 Å². The topological polar surface area (TPSA) is 49.8 Å². The first-order valence-corrected chi connectivity index (χ1v) is 7.14. The molecule has 1 saturated heterocycles. The quantitative estimate of drug-likeness (QED) is 0.912. The minimum atomic E-state index is -0.553. The van der Waals surface area contributed by atoms with Crippen molar-refractivity contribution in [2.24, 2.45) is 5.92 Å². The number of carbonyl (C=O) groups is 1. The predicted molar refractivity (Wildman–Crippen MR) is 77.5 cm³/mol. The molecule has 1 aliphatic rings. The molecule has 1 N–H and O–H groups in total. The predicted octanol–water partition coefficient (Wildman–Crippen LogP) is 2.77. The fraction of sp³-hybridized carbons (Fsp3) is 0.562. The van der Waals surface area contributed by atoms with E-state index in [4.69, 9.17) is 4.74 Å². The molecule has 1 fully saturated rings. The molecule has 2 rings (SSSR count). The first-order valence-electron chi connectivity index (χ1n) is 7.14. The summed E-state index contributed by atoms with van der Waals surface area (Å²) in [5.74, 6) is -0.475. The molecule has 1 aliphatic heterocycles. The van der Waals surface area contributed by atoms with Gasteiger partial charge in [-0.2, -0.15) is 0 Å². The van der Waals surface area contributed by atoms with E-state index in [2.05, 4.69) is 0 Å². The lowest BCUT2D eigenvalue weighted by molar-refractivity contribution is 0.0283. The Balaban J connectivity index is 2.12. The van der Waals surface area contributed by atoms with Crippen molar-refractivity contribution in [1.82, 2.24) is 4.90 Å². The van der Waals surface area contributed by atoms with E-state index in [0.29, 0.717) is 13.1 Å². The highest BCUT2D eigenvalue weighted by molar-refractivity contribution is 5.68. The van der Waals surface area contributed by atoms with Crippen molar-refractivity contribution >= 4 is 6.09 Å². The van der Waals surface area contributed by atoms with Crippen LogP contribution in [0.1, 0.15) is 32.3 Å². The first kappa shape index (κ1) is 15.8. The van der Waals surface area contributed by atoms with Crippen LogP contribution in [0.25, 0.3) is 0 Å². The van der Waals surface area contributed by atoms with Crippen LogP contribution < -0.4 is 0 Å². The average Bonchev–Trinajstić information content (AvgIpc) is 2.81. The van der Waals surface area contributed by atoms with Crippen LogP contribution in [0.4, 0.5) is 9.18 Å². The molecule has 0 radical (unpaired) electrons. The Morgan fingerprint density at radius 2 is 2.14 bits per heavy atom. The third-order valence-corrected chi connectivity index (χ3v) is 3.60. The van der Waals surface area contributed by atoms with Gasteiger partial charge in [-0.1, -0.05) is 12.1 Å². The summed E-state index contributed by atoms with van der Waals surface area (Å²) in [4.78, 5) is 13.7. The second-order valence-electron chi connectivity index (χ2n) is 6.49. The third kappa shape index (κ3) is 3.94. The van der Waals surface area contributed by atoms with Gasteiger partial charge in [-0.05, 0) is 38.5 Å². The number of aliphatic hydroxyl groups excluding tert-OH is 1. The maximum absolute atomic E-state index is 13.4. The molecular weight excluding hydrogens is 273 g/mol. The monoisotopic (exact) mass is 295 g/mol. The summed E-state index contributed by atoms with van der Waals surface area (Å²) in [7, 11) is 0. The van der Waals surface area contributed by atoms with Crippen LogP contribution >= 0.6 is 0 Å². The van der Waals surface area contributed by atoms with Crippen LogP contribution in [0.3, 0.4) is 0 Å². The van der Waals surface area contributed by atoms with E-state index in [9.17, 15) is 14.3 Å². The first-order chi connectivity index (χ1) is 9.80. The van der Waals surface area contributed by atoms with E-state index in [1.165, 1.54) is 12.1 Å². The lowest BCUT2D eigenvalue weighted by atomic mass is 9.89. The summed E-state index contributed by atoms with van der Waals surface area (Å²) < 4.78 is 18.7. The number of rotatable bonds is 2. The summed E-state index contributed by atoms with van der Waals surface area (Å²) in [5.41, 5.74) is 0.253. The zero-order valence-corrected chi connectivity index (χ0v) is 12.7. The lowest BCUT2D eigenvalue weighted by Crippen LogP contribution is -2.35. The third-order valence-electron chi connectivity index (χ3n) is 3.60. The molecule has 1 heterocycles. The molecular formula is C16H22FNO3. The van der Waals surface area contributed by atoms with Crippen LogP contribution in [0, 0.1) is 11.7 Å². The van der Waals surface area contributed by atoms with Gasteiger partial charge in [0.25, 0.3) is 0 Å². The Labute approximate surface area is 124 Å². The Morgan fingerprint density at radius 1 is 1.43 bits per heavy atom. The number of amides is 1. The Kier molecular flexibility index (Phi) is 4.52. The lowest BCUT2D eigenvalue weighted by Gasteiger charge is -2.24. The van der Waals surface area contributed by atoms with Crippen molar-refractivity contribution in [3.05, 3.63) is 35.6 Å². The summed E-state index contributed by atoms with van der Waals surface area (Å²) in [6.45, 7) is 6.26. The average molecular weight is 295 g/mol. The van der Waals surface area contributed by atoms with Crippen molar-refractivity contribution < 1.29 is 19.0 Å². The van der Waals surface area contributed by atoms with Gasteiger partial charge in [-0.15, -0.1) is 0 Å². The highest BCUT2D eigenvalue weighted by Gasteiger charge is 2.37. The van der Waals surface area contributed by atoms with Gasteiger partial charge in [0.2, 0.25) is 0 Å². The smallest absolute Gasteiger partial charge is 0.410 e. The molecule has 0 saturated carbocycles. The van der Waals surface area contributed by atoms with Crippen LogP contribution in [-0.4, -0.2) is 41.4 Å². The summed E-state index contributed by atoms with van der Waals surface area (Å²) in [5, 5.41) is 9.53. The highest BCUT2D eigenvalue weighted by Crippen LogP contribution is 2.33. The molecule has 0 spiro atoms. The second-order valence-corrected chi connectivity index (χ2v) is 6.49. The van der Waals surface area contributed by atoms with Crippen LogP contribution in [0.5, 0.6) is 0 Å². The minimum absolute atomic E-state index is 0.0412. The van der Waals surface area contributed by atoms with Gasteiger partial charge in [0.1, 0.15) is 11.4 Å². The SMILES string of the molecule is CC(C)(C)OC(=O)N1C[C@H](CO)[C@H](c2cccc(F)c2)C1. The molecule has 21 heavy (non-hydrogen) atoms. The number of carbonyl (C=O) groups excluding carboxylic acids is 1. The molecule has 0 unspecified atom stereocenters. The van der Waals surface area contributed by atoms with Gasteiger partial charge >= 0.3 is 6.09 Å². The van der Waals surface area contributed by atoms with Crippen molar-refractivity contribution in [1.29, 1.82) is 0 Å². The number of hydrogen-bond donors (Lipinski definition) is 1.